The van der Waals surface area contributed by atoms with Gasteiger partial charge in [0.2, 0.25) is 11.8 Å². The number of hydrogen-bond donors (Lipinski definition) is 2. The van der Waals surface area contributed by atoms with Crippen molar-refractivity contribution in [2.45, 2.75) is 57.9 Å². The van der Waals surface area contributed by atoms with Crippen LogP contribution in [0.1, 0.15) is 74.1 Å². The Bertz CT molecular complexity index is 1380. The molecule has 42 heavy (non-hydrogen) atoms. The molecule has 2 amide bonds. The number of amides is 2. The maximum Gasteiger partial charge on any atom is 0.232 e. The third kappa shape index (κ3) is 7.17. The van der Waals surface area contributed by atoms with Gasteiger partial charge in [-0.2, -0.15) is 0 Å². The van der Waals surface area contributed by atoms with Crippen LogP contribution >= 0.6 is 0 Å². The highest BCUT2D eigenvalue weighted by Gasteiger charge is 2.42. The van der Waals surface area contributed by atoms with E-state index >= 15 is 0 Å². The molecule has 2 atom stereocenters. The zero-order valence-corrected chi connectivity index (χ0v) is 24.9. The number of carbonyl (C=O) groups is 2. The summed E-state index contributed by atoms with van der Waals surface area (Å²) in [6.45, 7) is 7.35. The van der Waals surface area contributed by atoms with Gasteiger partial charge in [0, 0.05) is 12.6 Å². The van der Waals surface area contributed by atoms with E-state index in [4.69, 9.17) is 0 Å². The molecular formula is C38H42N2O2. The Morgan fingerprint density at radius 1 is 0.619 bits per heavy atom. The second-order valence-corrected chi connectivity index (χ2v) is 13.0. The Morgan fingerprint density at radius 2 is 1.00 bits per heavy atom. The summed E-state index contributed by atoms with van der Waals surface area (Å²) >= 11 is 0. The predicted molar refractivity (Wildman–Crippen MR) is 170 cm³/mol. The average Bonchev–Trinajstić information content (AvgIpc) is 2.98. The van der Waals surface area contributed by atoms with Gasteiger partial charge in [0.15, 0.2) is 0 Å². The Morgan fingerprint density at radius 3 is 1.40 bits per heavy atom. The van der Waals surface area contributed by atoms with Gasteiger partial charge in [0.25, 0.3) is 0 Å². The minimum Gasteiger partial charge on any atom is -0.355 e. The summed E-state index contributed by atoms with van der Waals surface area (Å²) in [6, 6.07) is 40.0. The molecule has 1 aliphatic carbocycles. The van der Waals surface area contributed by atoms with Crippen LogP contribution in [0.15, 0.2) is 121 Å². The third-order valence-corrected chi connectivity index (χ3v) is 8.54. The first-order valence-corrected chi connectivity index (χ1v) is 15.0. The van der Waals surface area contributed by atoms with Crippen molar-refractivity contribution in [3.63, 3.8) is 0 Å². The van der Waals surface area contributed by atoms with Crippen molar-refractivity contribution in [2.24, 2.45) is 10.8 Å². The molecule has 4 heteroatoms. The molecule has 0 radical (unpaired) electrons. The summed E-state index contributed by atoms with van der Waals surface area (Å²) in [5.41, 5.74) is 3.78. The summed E-state index contributed by atoms with van der Waals surface area (Å²) in [5, 5.41) is 6.76. The summed E-state index contributed by atoms with van der Waals surface area (Å²) in [4.78, 5) is 27.7. The highest BCUT2D eigenvalue weighted by Crippen LogP contribution is 2.46. The van der Waals surface area contributed by atoms with Crippen LogP contribution in [0.2, 0.25) is 0 Å². The second-order valence-electron chi connectivity index (χ2n) is 13.0. The fourth-order valence-electron chi connectivity index (χ4n) is 7.13. The molecule has 0 spiro atoms. The molecule has 4 nitrogen and oxygen atoms in total. The zero-order chi connectivity index (χ0) is 29.6. The van der Waals surface area contributed by atoms with E-state index in [1.54, 1.807) is 0 Å². The fraction of sp³-hybridized carbons (Fsp3) is 0.316. The average molecular weight is 559 g/mol. The van der Waals surface area contributed by atoms with Crippen molar-refractivity contribution in [2.75, 3.05) is 6.54 Å². The molecule has 1 saturated carbocycles. The molecule has 0 bridgehead atoms. The van der Waals surface area contributed by atoms with E-state index in [1.165, 1.54) is 0 Å². The van der Waals surface area contributed by atoms with Crippen LogP contribution in [0.5, 0.6) is 0 Å². The Labute approximate surface area is 250 Å². The summed E-state index contributed by atoms with van der Waals surface area (Å²) in [5.74, 6) is -0.720. The quantitative estimate of drug-likeness (QED) is 0.224. The highest BCUT2D eigenvalue weighted by molar-refractivity contribution is 5.88. The number of carbonyl (C=O) groups excluding carboxylic acids is 2. The minimum atomic E-state index is -0.374. The van der Waals surface area contributed by atoms with Crippen molar-refractivity contribution in [1.29, 1.82) is 0 Å². The van der Waals surface area contributed by atoms with Crippen molar-refractivity contribution in [1.82, 2.24) is 10.6 Å². The first-order valence-electron chi connectivity index (χ1n) is 15.0. The largest absolute Gasteiger partial charge is 0.355 e. The zero-order valence-electron chi connectivity index (χ0n) is 24.9. The van der Waals surface area contributed by atoms with E-state index in [2.05, 4.69) is 31.4 Å². The molecule has 1 aliphatic rings. The van der Waals surface area contributed by atoms with Gasteiger partial charge in [-0.15, -0.1) is 0 Å². The van der Waals surface area contributed by atoms with Crippen molar-refractivity contribution in [3.8, 4) is 0 Å². The van der Waals surface area contributed by atoms with Crippen molar-refractivity contribution in [3.05, 3.63) is 144 Å². The summed E-state index contributed by atoms with van der Waals surface area (Å²) in [6.07, 6.45) is 2.67. The molecule has 0 aromatic heterocycles. The minimum absolute atomic E-state index is 0.00538. The van der Waals surface area contributed by atoms with E-state index in [1.807, 2.05) is 121 Å². The molecule has 5 rings (SSSR count). The van der Waals surface area contributed by atoms with Gasteiger partial charge in [0.1, 0.15) is 0 Å². The van der Waals surface area contributed by atoms with Crippen LogP contribution in [0.4, 0.5) is 0 Å². The van der Waals surface area contributed by atoms with Crippen LogP contribution in [0.3, 0.4) is 0 Å². The summed E-state index contributed by atoms with van der Waals surface area (Å²) in [7, 11) is 0. The maximum atomic E-state index is 13.9. The first-order chi connectivity index (χ1) is 20.2. The summed E-state index contributed by atoms with van der Waals surface area (Å²) < 4.78 is 0. The molecule has 4 aromatic rings. The Hall–Kier alpha value is -4.18. The van der Waals surface area contributed by atoms with Crippen LogP contribution in [-0.4, -0.2) is 24.4 Å². The van der Waals surface area contributed by atoms with Gasteiger partial charge in [0.05, 0.1) is 11.8 Å². The monoisotopic (exact) mass is 558 g/mol. The van der Waals surface area contributed by atoms with Gasteiger partial charge in [-0.25, -0.2) is 0 Å². The van der Waals surface area contributed by atoms with Crippen LogP contribution in [0, 0.1) is 10.8 Å². The standard InChI is InChI=1S/C38H42N2O2/c1-37(2)24-32(40-36(42)34(30-20-12-6-13-21-30)31-22-14-7-15-23-31)25-38(3,26-37)27-39-35(41)33(28-16-8-4-9-17-28)29-18-10-5-11-19-29/h4-23,32-34H,24-27H2,1-3H3,(H,39,41)(H,40,42)/t32-,38+/m1/s1. The van der Waals surface area contributed by atoms with Gasteiger partial charge >= 0.3 is 0 Å². The first kappa shape index (κ1) is 29.3. The molecular weight excluding hydrogens is 516 g/mol. The lowest BCUT2D eigenvalue weighted by atomic mass is 9.62. The van der Waals surface area contributed by atoms with E-state index in [-0.39, 0.29) is 40.5 Å². The van der Waals surface area contributed by atoms with Crippen molar-refractivity contribution >= 4 is 11.8 Å². The van der Waals surface area contributed by atoms with Gasteiger partial charge < -0.3 is 10.6 Å². The maximum absolute atomic E-state index is 13.9. The number of hydrogen-bond acceptors (Lipinski definition) is 2. The lowest BCUT2D eigenvalue weighted by molar-refractivity contribution is -0.124. The number of nitrogens with one attached hydrogen (secondary N) is 2. The van der Waals surface area contributed by atoms with Crippen molar-refractivity contribution < 1.29 is 9.59 Å². The lowest BCUT2D eigenvalue weighted by Crippen LogP contribution is -2.51. The van der Waals surface area contributed by atoms with Crippen LogP contribution in [-0.2, 0) is 9.59 Å². The molecule has 216 valence electrons. The second kappa shape index (κ2) is 12.8. The highest BCUT2D eigenvalue weighted by atomic mass is 16.2. The smallest absolute Gasteiger partial charge is 0.232 e. The van der Waals surface area contributed by atoms with E-state index in [0.717, 1.165) is 41.5 Å². The molecule has 4 aromatic carbocycles. The van der Waals surface area contributed by atoms with Crippen LogP contribution < -0.4 is 10.6 Å². The van der Waals surface area contributed by atoms with E-state index in [0.29, 0.717) is 6.54 Å². The van der Waals surface area contributed by atoms with E-state index in [9.17, 15) is 9.59 Å². The van der Waals surface area contributed by atoms with Gasteiger partial charge in [-0.3, -0.25) is 9.59 Å². The predicted octanol–water partition coefficient (Wildman–Crippen LogP) is 7.47. The Balaban J connectivity index is 1.32. The SMILES string of the molecule is CC1(C)C[C@@H](NC(=O)C(c2ccccc2)c2ccccc2)C[C@](C)(CNC(=O)C(c2ccccc2)c2ccccc2)C1. The topological polar surface area (TPSA) is 58.2 Å². The lowest BCUT2D eigenvalue weighted by Gasteiger charge is -2.47. The number of rotatable bonds is 9. The van der Waals surface area contributed by atoms with E-state index < -0.39 is 0 Å². The normalized spacial score (nSPS) is 19.8. The molecule has 2 N–H and O–H groups in total. The molecule has 0 saturated heterocycles. The molecule has 0 heterocycles. The molecule has 1 fully saturated rings. The van der Waals surface area contributed by atoms with Gasteiger partial charge in [-0.05, 0) is 52.3 Å². The van der Waals surface area contributed by atoms with Gasteiger partial charge in [-0.1, -0.05) is 142 Å². The Kier molecular flexibility index (Phi) is 8.91. The third-order valence-electron chi connectivity index (χ3n) is 8.54. The fourth-order valence-corrected chi connectivity index (χ4v) is 7.13. The van der Waals surface area contributed by atoms with Crippen LogP contribution in [0.25, 0.3) is 0 Å². The molecule has 0 aliphatic heterocycles. The number of benzene rings is 4. The molecule has 0 unspecified atom stereocenters.